The van der Waals surface area contributed by atoms with Gasteiger partial charge in [0.05, 0.1) is 6.54 Å². The molecule has 0 aliphatic heterocycles. The number of hydrogen-bond donors (Lipinski definition) is 1. The molecule has 1 N–H and O–H groups in total. The van der Waals surface area contributed by atoms with Crippen molar-refractivity contribution >= 4 is 17.5 Å². The maximum absolute atomic E-state index is 13.7. The Labute approximate surface area is 126 Å². The van der Waals surface area contributed by atoms with E-state index in [2.05, 4.69) is 15.2 Å². The monoisotopic (exact) mass is 308 g/mol. The maximum Gasteiger partial charge on any atom is 0.293 e. The average molecular weight is 309 g/mol. The van der Waals surface area contributed by atoms with Gasteiger partial charge in [0, 0.05) is 23.6 Å². The van der Waals surface area contributed by atoms with E-state index in [0.29, 0.717) is 10.9 Å². The van der Waals surface area contributed by atoms with Gasteiger partial charge in [-0.3, -0.25) is 9.89 Å². The predicted molar refractivity (Wildman–Crippen MR) is 75.6 cm³/mol. The van der Waals surface area contributed by atoms with Crippen LogP contribution in [0.5, 0.6) is 0 Å². The number of nitrogens with zero attached hydrogens (tertiary/aromatic N) is 3. The van der Waals surface area contributed by atoms with E-state index in [0.717, 1.165) is 18.7 Å². The first kappa shape index (κ1) is 14.0. The molecule has 1 heterocycles. The Bertz CT molecular complexity index is 663. The van der Waals surface area contributed by atoms with Gasteiger partial charge in [0.15, 0.2) is 0 Å². The molecule has 1 fully saturated rings. The largest absolute Gasteiger partial charge is 0.334 e. The third kappa shape index (κ3) is 2.90. The summed E-state index contributed by atoms with van der Waals surface area (Å²) in [5, 5.41) is 7.01. The molecule has 7 heteroatoms. The number of aromatic amines is 1. The zero-order chi connectivity index (χ0) is 15.0. The van der Waals surface area contributed by atoms with E-state index in [4.69, 9.17) is 11.6 Å². The highest BCUT2D eigenvalue weighted by Gasteiger charge is 2.29. The van der Waals surface area contributed by atoms with Crippen LogP contribution in [0, 0.1) is 5.82 Å². The minimum absolute atomic E-state index is 0.0671. The number of benzene rings is 1. The summed E-state index contributed by atoms with van der Waals surface area (Å²) in [6.45, 7) is 0.0671. The maximum atomic E-state index is 13.7. The van der Waals surface area contributed by atoms with E-state index >= 15 is 0 Å². The number of rotatable bonds is 4. The van der Waals surface area contributed by atoms with Crippen LogP contribution >= 0.6 is 11.6 Å². The zero-order valence-corrected chi connectivity index (χ0v) is 12.2. The highest BCUT2D eigenvalue weighted by Crippen LogP contribution is 2.37. The van der Waals surface area contributed by atoms with E-state index in [1.807, 2.05) is 0 Å². The number of halogens is 2. The zero-order valence-electron chi connectivity index (χ0n) is 11.4. The molecule has 110 valence electrons. The molecule has 2 aromatic rings. The van der Waals surface area contributed by atoms with Crippen LogP contribution in [0.25, 0.3) is 0 Å². The summed E-state index contributed by atoms with van der Waals surface area (Å²) in [5.41, 5.74) is 0.285. The number of aromatic nitrogens is 3. The van der Waals surface area contributed by atoms with Crippen LogP contribution in [0.1, 0.15) is 40.8 Å². The van der Waals surface area contributed by atoms with Crippen LogP contribution < -0.4 is 0 Å². The Morgan fingerprint density at radius 3 is 2.95 bits per heavy atom. The van der Waals surface area contributed by atoms with Crippen molar-refractivity contribution in [3.63, 3.8) is 0 Å². The van der Waals surface area contributed by atoms with Crippen LogP contribution in [0.3, 0.4) is 0 Å². The van der Waals surface area contributed by atoms with E-state index in [1.54, 1.807) is 13.1 Å². The second-order valence-electron chi connectivity index (χ2n) is 5.18. The lowest BCUT2D eigenvalue weighted by molar-refractivity contribution is 0.0772. The van der Waals surface area contributed by atoms with Gasteiger partial charge in [0.1, 0.15) is 11.6 Å². The molecule has 1 aromatic heterocycles. The van der Waals surface area contributed by atoms with Gasteiger partial charge in [0.2, 0.25) is 5.82 Å². The van der Waals surface area contributed by atoms with Crippen molar-refractivity contribution in [2.75, 3.05) is 7.05 Å². The molecule has 1 aliphatic rings. The Morgan fingerprint density at radius 2 is 2.29 bits per heavy atom. The van der Waals surface area contributed by atoms with Gasteiger partial charge in [-0.05, 0) is 25.0 Å². The topological polar surface area (TPSA) is 61.9 Å². The molecule has 1 saturated carbocycles. The van der Waals surface area contributed by atoms with E-state index in [9.17, 15) is 9.18 Å². The number of H-pyrrole nitrogens is 1. The molecule has 0 radical (unpaired) electrons. The van der Waals surface area contributed by atoms with E-state index in [-0.39, 0.29) is 23.8 Å². The van der Waals surface area contributed by atoms with Crippen molar-refractivity contribution in [2.45, 2.75) is 25.3 Å². The lowest BCUT2D eigenvalue weighted by Crippen LogP contribution is -2.27. The van der Waals surface area contributed by atoms with Gasteiger partial charge in [-0.2, -0.15) is 0 Å². The Kier molecular flexibility index (Phi) is 3.63. The van der Waals surface area contributed by atoms with E-state index < -0.39 is 5.82 Å². The predicted octanol–water partition coefficient (Wildman–Crippen LogP) is 2.75. The highest BCUT2D eigenvalue weighted by atomic mass is 35.5. The van der Waals surface area contributed by atoms with Gasteiger partial charge in [0.25, 0.3) is 5.91 Å². The van der Waals surface area contributed by atoms with Crippen molar-refractivity contribution in [1.29, 1.82) is 0 Å². The molecule has 21 heavy (non-hydrogen) atoms. The van der Waals surface area contributed by atoms with E-state index in [1.165, 1.54) is 17.0 Å². The van der Waals surface area contributed by atoms with Crippen LogP contribution in [0.2, 0.25) is 5.02 Å². The van der Waals surface area contributed by atoms with Crippen molar-refractivity contribution in [3.05, 3.63) is 46.3 Å². The van der Waals surface area contributed by atoms with Gasteiger partial charge < -0.3 is 4.90 Å². The van der Waals surface area contributed by atoms with Crippen molar-refractivity contribution in [2.24, 2.45) is 0 Å². The summed E-state index contributed by atoms with van der Waals surface area (Å²) >= 11 is 5.96. The van der Waals surface area contributed by atoms with Crippen LogP contribution in [0.15, 0.2) is 18.2 Å². The number of amides is 1. The van der Waals surface area contributed by atoms with Crippen LogP contribution in [0.4, 0.5) is 4.39 Å². The van der Waals surface area contributed by atoms with Crippen molar-refractivity contribution in [3.8, 4) is 0 Å². The molecular weight excluding hydrogens is 295 g/mol. The standard InChI is InChI=1S/C14H14ClFN4O/c1-20(7-9-10(15)3-2-4-11(9)16)14(21)13-17-12(18-19-13)8-5-6-8/h2-4,8H,5-7H2,1H3,(H,17,18,19). The van der Waals surface area contributed by atoms with Gasteiger partial charge in [-0.15, -0.1) is 5.10 Å². The van der Waals surface area contributed by atoms with Crippen LogP contribution in [-0.4, -0.2) is 33.0 Å². The number of hydrogen-bond acceptors (Lipinski definition) is 3. The first-order valence-corrected chi connectivity index (χ1v) is 7.04. The lowest BCUT2D eigenvalue weighted by atomic mass is 10.2. The Balaban J connectivity index is 1.74. The molecule has 3 rings (SSSR count). The Hall–Kier alpha value is -1.95. The molecule has 0 spiro atoms. The van der Waals surface area contributed by atoms with Gasteiger partial charge in [-0.1, -0.05) is 17.7 Å². The molecule has 1 aromatic carbocycles. The summed E-state index contributed by atoms with van der Waals surface area (Å²) in [7, 11) is 1.57. The first-order chi connectivity index (χ1) is 10.1. The average Bonchev–Trinajstić information content (AvgIpc) is 3.20. The first-order valence-electron chi connectivity index (χ1n) is 6.67. The fourth-order valence-electron chi connectivity index (χ4n) is 2.07. The fourth-order valence-corrected chi connectivity index (χ4v) is 2.30. The van der Waals surface area contributed by atoms with Gasteiger partial charge >= 0.3 is 0 Å². The second kappa shape index (κ2) is 5.44. The molecule has 0 bridgehead atoms. The molecule has 0 saturated heterocycles. The number of carbonyl (C=O) groups excluding carboxylic acids is 1. The summed E-state index contributed by atoms with van der Waals surface area (Å²) in [6, 6.07) is 4.44. The molecule has 5 nitrogen and oxygen atoms in total. The number of carbonyl (C=O) groups is 1. The fraction of sp³-hybridized carbons (Fsp3) is 0.357. The lowest BCUT2D eigenvalue weighted by Gasteiger charge is -2.16. The third-order valence-electron chi connectivity index (χ3n) is 3.46. The molecular formula is C14H14ClFN4O. The molecule has 0 atom stereocenters. The summed E-state index contributed by atoms with van der Waals surface area (Å²) in [4.78, 5) is 17.8. The SMILES string of the molecule is CN(Cc1c(F)cccc1Cl)C(=O)c1n[nH]c(C2CC2)n1. The minimum atomic E-state index is -0.434. The molecule has 1 aliphatic carbocycles. The third-order valence-corrected chi connectivity index (χ3v) is 3.82. The van der Waals surface area contributed by atoms with Crippen LogP contribution in [-0.2, 0) is 6.54 Å². The summed E-state index contributed by atoms with van der Waals surface area (Å²) < 4.78 is 13.7. The minimum Gasteiger partial charge on any atom is -0.334 e. The van der Waals surface area contributed by atoms with Crippen molar-refractivity contribution in [1.82, 2.24) is 20.1 Å². The van der Waals surface area contributed by atoms with Gasteiger partial charge in [-0.25, -0.2) is 9.37 Å². The molecule has 0 unspecified atom stereocenters. The molecule has 1 amide bonds. The normalized spacial score (nSPS) is 14.2. The van der Waals surface area contributed by atoms with Crippen molar-refractivity contribution < 1.29 is 9.18 Å². The highest BCUT2D eigenvalue weighted by molar-refractivity contribution is 6.31. The second-order valence-corrected chi connectivity index (χ2v) is 5.59. The number of nitrogens with one attached hydrogen (secondary N) is 1. The Morgan fingerprint density at radius 1 is 1.52 bits per heavy atom. The smallest absolute Gasteiger partial charge is 0.293 e. The summed E-state index contributed by atoms with van der Waals surface area (Å²) in [6.07, 6.45) is 2.15. The quantitative estimate of drug-likeness (QED) is 0.944. The summed E-state index contributed by atoms with van der Waals surface area (Å²) in [5.74, 6) is 0.446.